The van der Waals surface area contributed by atoms with Gasteiger partial charge in [0, 0.05) is 19.3 Å². The average molecular weight is 807 g/mol. The highest BCUT2D eigenvalue weighted by atomic mass is 16.6. The van der Waals surface area contributed by atoms with Crippen LogP contribution in [-0.2, 0) is 28.6 Å². The number of esters is 3. The Hall–Kier alpha value is -1.59. The van der Waals surface area contributed by atoms with E-state index in [1.165, 1.54) is 180 Å². The Balaban J connectivity index is 4.31. The molecular weight excluding hydrogens is 709 g/mol. The number of ether oxygens (including phenoxy) is 3. The Morgan fingerprint density at radius 3 is 0.860 bits per heavy atom. The largest absolute Gasteiger partial charge is 0.462 e. The van der Waals surface area contributed by atoms with Crippen LogP contribution in [0.2, 0.25) is 0 Å². The Kier molecular flexibility index (Phi) is 44.2. The van der Waals surface area contributed by atoms with E-state index < -0.39 is 6.10 Å². The summed E-state index contributed by atoms with van der Waals surface area (Å²) in [6.45, 7) is 9.01. The van der Waals surface area contributed by atoms with Crippen LogP contribution in [0.25, 0.3) is 0 Å². The molecule has 0 saturated heterocycles. The highest BCUT2D eigenvalue weighted by Crippen LogP contribution is 2.17. The first-order valence-corrected chi connectivity index (χ1v) is 25.4. The van der Waals surface area contributed by atoms with Gasteiger partial charge in [0.25, 0.3) is 0 Å². The number of rotatable bonds is 46. The molecule has 0 radical (unpaired) electrons. The Labute approximate surface area is 355 Å². The van der Waals surface area contributed by atoms with Crippen molar-refractivity contribution in [1.29, 1.82) is 0 Å². The molecule has 0 amide bonds. The Bertz CT molecular complexity index is 857. The van der Waals surface area contributed by atoms with Gasteiger partial charge in [-0.3, -0.25) is 14.4 Å². The van der Waals surface area contributed by atoms with Gasteiger partial charge in [-0.05, 0) is 25.2 Å². The van der Waals surface area contributed by atoms with E-state index in [2.05, 4.69) is 27.7 Å². The van der Waals surface area contributed by atoms with Crippen LogP contribution in [0.5, 0.6) is 0 Å². The van der Waals surface area contributed by atoms with Crippen LogP contribution < -0.4 is 0 Å². The maximum Gasteiger partial charge on any atom is 0.306 e. The van der Waals surface area contributed by atoms with E-state index in [1.54, 1.807) is 0 Å². The molecule has 0 aliphatic carbocycles. The maximum absolute atomic E-state index is 12.7. The van der Waals surface area contributed by atoms with E-state index in [1.807, 2.05) is 0 Å². The van der Waals surface area contributed by atoms with E-state index in [9.17, 15) is 14.4 Å². The summed E-state index contributed by atoms with van der Waals surface area (Å²) in [5.41, 5.74) is 0. The smallest absolute Gasteiger partial charge is 0.306 e. The molecule has 0 aliphatic rings. The molecule has 0 aromatic heterocycles. The number of hydrogen-bond acceptors (Lipinski definition) is 6. The number of hydrogen-bond donors (Lipinski definition) is 0. The van der Waals surface area contributed by atoms with Crippen LogP contribution in [-0.4, -0.2) is 37.2 Å². The van der Waals surface area contributed by atoms with Crippen molar-refractivity contribution < 1.29 is 28.6 Å². The third kappa shape index (κ3) is 45.3. The normalized spacial score (nSPS) is 11.9. The van der Waals surface area contributed by atoms with Crippen molar-refractivity contribution in [3.8, 4) is 0 Å². The van der Waals surface area contributed by atoms with Crippen molar-refractivity contribution in [2.45, 2.75) is 291 Å². The first-order valence-electron chi connectivity index (χ1n) is 25.4. The average Bonchev–Trinajstić information content (AvgIpc) is 3.19. The molecule has 0 aliphatic heterocycles. The van der Waals surface area contributed by atoms with Crippen LogP contribution in [0.4, 0.5) is 0 Å². The van der Waals surface area contributed by atoms with Crippen molar-refractivity contribution in [1.82, 2.24) is 0 Å². The summed E-state index contributed by atoms with van der Waals surface area (Å²) in [6.07, 6.45) is 46.5. The first-order chi connectivity index (χ1) is 27.9. The first kappa shape index (κ1) is 55.4. The molecule has 0 aromatic rings. The zero-order chi connectivity index (χ0) is 41.7. The molecule has 0 aromatic carbocycles. The number of unbranched alkanes of at least 4 members (excludes halogenated alkanes) is 33. The standard InChI is InChI=1S/C51H98O6/c1-5-7-9-11-13-15-17-19-20-22-26-30-34-38-42-49(52)55-45-48(57-51(54)44-40-36-32-28-21-18-16-14-12-10-8-6-2)46-56-50(53)43-39-35-31-27-24-23-25-29-33-37-41-47(3)4/h47-48H,5-46H2,1-4H3/t48-/m1/s1. The van der Waals surface area contributed by atoms with Gasteiger partial charge in [-0.1, -0.05) is 246 Å². The summed E-state index contributed by atoms with van der Waals surface area (Å²) < 4.78 is 16.8. The van der Waals surface area contributed by atoms with Crippen LogP contribution in [0, 0.1) is 5.92 Å². The van der Waals surface area contributed by atoms with Gasteiger partial charge in [0.1, 0.15) is 13.2 Å². The van der Waals surface area contributed by atoms with Crippen molar-refractivity contribution in [2.24, 2.45) is 5.92 Å². The molecular formula is C51H98O6. The molecule has 0 N–H and O–H groups in total. The van der Waals surface area contributed by atoms with Crippen molar-refractivity contribution in [2.75, 3.05) is 13.2 Å². The fourth-order valence-electron chi connectivity index (χ4n) is 7.69. The van der Waals surface area contributed by atoms with E-state index >= 15 is 0 Å². The fourth-order valence-corrected chi connectivity index (χ4v) is 7.69. The van der Waals surface area contributed by atoms with Crippen LogP contribution in [0.15, 0.2) is 0 Å². The number of carbonyl (C=O) groups excluding carboxylic acids is 3. The van der Waals surface area contributed by atoms with Crippen LogP contribution >= 0.6 is 0 Å². The lowest BCUT2D eigenvalue weighted by Crippen LogP contribution is -2.30. The van der Waals surface area contributed by atoms with E-state index in [0.717, 1.165) is 63.7 Å². The van der Waals surface area contributed by atoms with Gasteiger partial charge in [0.2, 0.25) is 0 Å². The fraction of sp³-hybridized carbons (Fsp3) is 0.941. The highest BCUT2D eigenvalue weighted by Gasteiger charge is 2.19. The SMILES string of the molecule is CCCCCCCCCCCCCCCCC(=O)OC[C@H](COC(=O)CCCCCCCCCCCCC(C)C)OC(=O)CCCCCCCCCCCCCC. The molecule has 0 bridgehead atoms. The van der Waals surface area contributed by atoms with Crippen molar-refractivity contribution in [3.63, 3.8) is 0 Å². The van der Waals surface area contributed by atoms with Crippen LogP contribution in [0.3, 0.4) is 0 Å². The number of carbonyl (C=O) groups is 3. The molecule has 338 valence electrons. The van der Waals surface area contributed by atoms with E-state index in [4.69, 9.17) is 14.2 Å². The van der Waals surface area contributed by atoms with Crippen molar-refractivity contribution >= 4 is 17.9 Å². The van der Waals surface area contributed by atoms with Gasteiger partial charge in [-0.25, -0.2) is 0 Å². The molecule has 0 heterocycles. The molecule has 0 spiro atoms. The van der Waals surface area contributed by atoms with Crippen molar-refractivity contribution in [3.05, 3.63) is 0 Å². The lowest BCUT2D eigenvalue weighted by molar-refractivity contribution is -0.167. The minimum atomic E-state index is -0.760. The summed E-state index contributed by atoms with van der Waals surface area (Å²) >= 11 is 0. The molecule has 0 fully saturated rings. The Morgan fingerprint density at radius 2 is 0.579 bits per heavy atom. The van der Waals surface area contributed by atoms with Gasteiger partial charge >= 0.3 is 17.9 Å². The van der Waals surface area contributed by atoms with Crippen LogP contribution in [0.1, 0.15) is 285 Å². The lowest BCUT2D eigenvalue weighted by Gasteiger charge is -2.18. The molecule has 57 heavy (non-hydrogen) atoms. The lowest BCUT2D eigenvalue weighted by atomic mass is 10.0. The molecule has 0 saturated carbocycles. The second kappa shape index (κ2) is 45.5. The quantitative estimate of drug-likeness (QED) is 0.0346. The minimum absolute atomic E-state index is 0.0629. The minimum Gasteiger partial charge on any atom is -0.462 e. The molecule has 1 atom stereocenters. The zero-order valence-electron chi connectivity index (χ0n) is 38.8. The maximum atomic E-state index is 12.7. The van der Waals surface area contributed by atoms with E-state index in [0.29, 0.717) is 19.3 Å². The van der Waals surface area contributed by atoms with Gasteiger partial charge in [-0.15, -0.1) is 0 Å². The molecule has 0 unspecified atom stereocenters. The van der Waals surface area contributed by atoms with Gasteiger partial charge in [0.15, 0.2) is 6.10 Å². The monoisotopic (exact) mass is 807 g/mol. The summed E-state index contributed by atoms with van der Waals surface area (Å²) in [5.74, 6) is -0.0274. The molecule has 6 nitrogen and oxygen atoms in total. The van der Waals surface area contributed by atoms with Gasteiger partial charge in [0.05, 0.1) is 0 Å². The topological polar surface area (TPSA) is 78.9 Å². The summed E-state index contributed by atoms with van der Waals surface area (Å²) in [4.78, 5) is 37.9. The van der Waals surface area contributed by atoms with Gasteiger partial charge < -0.3 is 14.2 Å². The highest BCUT2D eigenvalue weighted by molar-refractivity contribution is 5.71. The predicted octanol–water partition coefficient (Wildman–Crippen LogP) is 16.3. The third-order valence-electron chi connectivity index (χ3n) is 11.5. The summed E-state index contributed by atoms with van der Waals surface area (Å²) in [7, 11) is 0. The van der Waals surface area contributed by atoms with E-state index in [-0.39, 0.29) is 31.1 Å². The van der Waals surface area contributed by atoms with Gasteiger partial charge in [-0.2, -0.15) is 0 Å². The second-order valence-electron chi connectivity index (χ2n) is 17.9. The zero-order valence-corrected chi connectivity index (χ0v) is 38.8. The Morgan fingerprint density at radius 1 is 0.333 bits per heavy atom. The predicted molar refractivity (Wildman–Crippen MR) is 243 cm³/mol. The molecule has 6 heteroatoms. The molecule has 0 rings (SSSR count). The summed E-state index contributed by atoms with van der Waals surface area (Å²) in [5, 5.41) is 0. The summed E-state index contributed by atoms with van der Waals surface area (Å²) in [6, 6.07) is 0. The second-order valence-corrected chi connectivity index (χ2v) is 17.9. The third-order valence-corrected chi connectivity index (χ3v) is 11.5.